The molecule has 4 heteroatoms. The van der Waals surface area contributed by atoms with Gasteiger partial charge in [-0.1, -0.05) is 90.5 Å². The van der Waals surface area contributed by atoms with Crippen molar-refractivity contribution in [3.05, 3.63) is 113 Å². The van der Waals surface area contributed by atoms with E-state index < -0.39 is 5.97 Å². The first-order valence-electron chi connectivity index (χ1n) is 10.1. The molecule has 0 saturated carbocycles. The second-order valence-electron chi connectivity index (χ2n) is 7.09. The molecule has 0 aliphatic carbocycles. The second kappa shape index (κ2) is 9.99. The van der Waals surface area contributed by atoms with Crippen molar-refractivity contribution in [3.63, 3.8) is 0 Å². The predicted molar refractivity (Wildman–Crippen MR) is 132 cm³/mol. The molecule has 3 nitrogen and oxygen atoms in total. The molecule has 158 valence electrons. The fraction of sp³-hybridized carbons (Fsp3) is 0.0357. The van der Waals surface area contributed by atoms with Crippen LogP contribution >= 0.6 is 11.6 Å². The molecule has 0 aliphatic rings. The Bertz CT molecular complexity index is 1320. The lowest BCUT2D eigenvalue weighted by molar-refractivity contribution is -0.129. The average molecular weight is 441 g/mol. The third kappa shape index (κ3) is 5.08. The third-order valence-corrected chi connectivity index (χ3v) is 5.33. The van der Waals surface area contributed by atoms with Crippen molar-refractivity contribution in [3.8, 4) is 11.5 Å². The summed E-state index contributed by atoms with van der Waals surface area (Å²) in [6.45, 7) is 0. The van der Waals surface area contributed by atoms with Gasteiger partial charge in [-0.2, -0.15) is 0 Å². The van der Waals surface area contributed by atoms with Gasteiger partial charge in [0.25, 0.3) is 0 Å². The Morgan fingerprint density at radius 2 is 1.53 bits per heavy atom. The molecule has 0 amide bonds. The van der Waals surface area contributed by atoms with Crippen LogP contribution in [0.2, 0.25) is 5.02 Å². The number of ether oxygens (including phenoxy) is 2. The summed E-state index contributed by atoms with van der Waals surface area (Å²) in [6.07, 6.45) is 7.04. The number of carbonyl (C=O) groups is 1. The number of methoxy groups -OCH3 is 1. The SMILES string of the molecule is COc1cc(/C=C/c2cccc3ccccc23)ccc1OC(=O)/C=C/c1ccccc1Cl. The summed E-state index contributed by atoms with van der Waals surface area (Å²) in [4.78, 5) is 12.3. The molecule has 32 heavy (non-hydrogen) atoms. The Balaban J connectivity index is 1.51. The van der Waals surface area contributed by atoms with Crippen molar-refractivity contribution < 1.29 is 14.3 Å². The number of benzene rings is 4. The van der Waals surface area contributed by atoms with Gasteiger partial charge in [0.05, 0.1) is 7.11 Å². The zero-order valence-corrected chi connectivity index (χ0v) is 18.3. The van der Waals surface area contributed by atoms with E-state index in [-0.39, 0.29) is 0 Å². The minimum atomic E-state index is -0.512. The molecular weight excluding hydrogens is 420 g/mol. The Labute approximate surface area is 192 Å². The van der Waals surface area contributed by atoms with Crippen LogP contribution in [-0.2, 0) is 4.79 Å². The molecule has 4 aromatic carbocycles. The molecule has 0 aromatic heterocycles. The van der Waals surface area contributed by atoms with E-state index in [9.17, 15) is 4.79 Å². The van der Waals surface area contributed by atoms with Crippen LogP contribution < -0.4 is 9.47 Å². The first-order valence-corrected chi connectivity index (χ1v) is 10.5. The zero-order valence-electron chi connectivity index (χ0n) is 17.5. The topological polar surface area (TPSA) is 35.5 Å². The van der Waals surface area contributed by atoms with E-state index in [2.05, 4.69) is 30.3 Å². The van der Waals surface area contributed by atoms with Gasteiger partial charge in [0.2, 0.25) is 0 Å². The number of hydrogen-bond acceptors (Lipinski definition) is 3. The molecular formula is C28H21ClO3. The largest absolute Gasteiger partial charge is 0.493 e. The first-order chi connectivity index (χ1) is 15.6. The van der Waals surface area contributed by atoms with Gasteiger partial charge in [-0.3, -0.25) is 0 Å². The molecule has 0 fully saturated rings. The number of halogens is 1. The van der Waals surface area contributed by atoms with E-state index in [4.69, 9.17) is 21.1 Å². The summed E-state index contributed by atoms with van der Waals surface area (Å²) < 4.78 is 10.9. The predicted octanol–water partition coefficient (Wildman–Crippen LogP) is 7.29. The lowest BCUT2D eigenvalue weighted by Gasteiger charge is -2.09. The molecule has 4 rings (SSSR count). The molecule has 0 radical (unpaired) electrons. The van der Waals surface area contributed by atoms with E-state index >= 15 is 0 Å². The van der Waals surface area contributed by atoms with E-state index in [1.165, 1.54) is 16.8 Å². The standard InChI is InChI=1S/C28H21ClO3/c1-31-27-19-20(13-15-22-10-6-9-21-7-2-4-11-24(21)22)14-17-26(27)32-28(30)18-16-23-8-3-5-12-25(23)29/h2-19H,1H3/b15-13+,18-16+. The lowest BCUT2D eigenvalue weighted by Crippen LogP contribution is -2.05. The van der Waals surface area contributed by atoms with Gasteiger partial charge >= 0.3 is 5.97 Å². The van der Waals surface area contributed by atoms with Crippen LogP contribution in [0.15, 0.2) is 91.0 Å². The molecule has 0 saturated heterocycles. The third-order valence-electron chi connectivity index (χ3n) is 4.98. The van der Waals surface area contributed by atoms with Gasteiger partial charge in [0, 0.05) is 11.1 Å². The highest BCUT2D eigenvalue weighted by atomic mass is 35.5. The Hall–Kier alpha value is -3.82. The van der Waals surface area contributed by atoms with Gasteiger partial charge in [-0.05, 0) is 51.7 Å². The summed E-state index contributed by atoms with van der Waals surface area (Å²) in [5, 5.41) is 2.95. The van der Waals surface area contributed by atoms with Crippen LogP contribution in [0.4, 0.5) is 0 Å². The maximum atomic E-state index is 12.3. The van der Waals surface area contributed by atoms with Gasteiger partial charge in [0.15, 0.2) is 11.5 Å². The quantitative estimate of drug-likeness (QED) is 0.137. The van der Waals surface area contributed by atoms with Crippen LogP contribution in [0, 0.1) is 0 Å². The van der Waals surface area contributed by atoms with Crippen LogP contribution in [0.3, 0.4) is 0 Å². The maximum absolute atomic E-state index is 12.3. The fourth-order valence-electron chi connectivity index (χ4n) is 3.36. The zero-order chi connectivity index (χ0) is 22.3. The van der Waals surface area contributed by atoms with Gasteiger partial charge in [0.1, 0.15) is 0 Å². The summed E-state index contributed by atoms with van der Waals surface area (Å²) >= 11 is 6.11. The van der Waals surface area contributed by atoms with Crippen LogP contribution in [0.25, 0.3) is 29.0 Å². The van der Waals surface area contributed by atoms with Crippen LogP contribution in [-0.4, -0.2) is 13.1 Å². The highest BCUT2D eigenvalue weighted by molar-refractivity contribution is 6.32. The van der Waals surface area contributed by atoms with Gasteiger partial charge < -0.3 is 9.47 Å². The Kier molecular flexibility index (Phi) is 6.69. The highest BCUT2D eigenvalue weighted by Crippen LogP contribution is 2.30. The summed E-state index contributed by atoms with van der Waals surface area (Å²) in [5.41, 5.74) is 2.80. The van der Waals surface area contributed by atoms with Crippen molar-refractivity contribution >= 4 is 46.6 Å². The molecule has 0 bridgehead atoms. The van der Waals surface area contributed by atoms with E-state index in [1.54, 1.807) is 25.3 Å². The number of rotatable bonds is 6. The number of fused-ring (bicyclic) bond motifs is 1. The molecule has 0 heterocycles. The molecule has 4 aromatic rings. The Morgan fingerprint density at radius 3 is 2.38 bits per heavy atom. The molecule has 0 unspecified atom stereocenters. The number of hydrogen-bond donors (Lipinski definition) is 0. The van der Waals surface area contributed by atoms with E-state index in [0.717, 1.165) is 16.7 Å². The van der Waals surface area contributed by atoms with Crippen molar-refractivity contribution in [1.29, 1.82) is 0 Å². The normalized spacial score (nSPS) is 11.3. The Morgan fingerprint density at radius 1 is 0.781 bits per heavy atom. The van der Waals surface area contributed by atoms with Crippen LogP contribution in [0.1, 0.15) is 16.7 Å². The second-order valence-corrected chi connectivity index (χ2v) is 7.50. The fourth-order valence-corrected chi connectivity index (χ4v) is 3.56. The number of carbonyl (C=O) groups excluding carboxylic acids is 1. The maximum Gasteiger partial charge on any atom is 0.336 e. The van der Waals surface area contributed by atoms with E-state index in [0.29, 0.717) is 16.5 Å². The minimum Gasteiger partial charge on any atom is -0.493 e. The molecule has 0 atom stereocenters. The summed E-state index contributed by atoms with van der Waals surface area (Å²) in [6, 6.07) is 27.2. The highest BCUT2D eigenvalue weighted by Gasteiger charge is 2.09. The monoisotopic (exact) mass is 440 g/mol. The van der Waals surface area contributed by atoms with E-state index in [1.807, 2.05) is 54.6 Å². The van der Waals surface area contributed by atoms with Crippen molar-refractivity contribution in [2.45, 2.75) is 0 Å². The summed E-state index contributed by atoms with van der Waals surface area (Å²) in [5.74, 6) is 0.315. The van der Waals surface area contributed by atoms with Crippen LogP contribution in [0.5, 0.6) is 11.5 Å². The molecule has 0 spiro atoms. The number of esters is 1. The molecule has 0 aliphatic heterocycles. The average Bonchev–Trinajstić information content (AvgIpc) is 2.83. The van der Waals surface area contributed by atoms with Gasteiger partial charge in [-0.25, -0.2) is 4.79 Å². The van der Waals surface area contributed by atoms with Crippen molar-refractivity contribution in [2.75, 3.05) is 7.11 Å². The van der Waals surface area contributed by atoms with Crippen molar-refractivity contribution in [2.24, 2.45) is 0 Å². The first kappa shape index (κ1) is 21.4. The molecule has 0 N–H and O–H groups in total. The smallest absolute Gasteiger partial charge is 0.336 e. The lowest BCUT2D eigenvalue weighted by atomic mass is 10.0. The summed E-state index contributed by atoms with van der Waals surface area (Å²) in [7, 11) is 1.55. The minimum absolute atomic E-state index is 0.351. The van der Waals surface area contributed by atoms with Crippen molar-refractivity contribution in [1.82, 2.24) is 0 Å². The van der Waals surface area contributed by atoms with Gasteiger partial charge in [-0.15, -0.1) is 0 Å².